The molecule has 0 bridgehead atoms. The molecule has 0 atom stereocenters. The van der Waals surface area contributed by atoms with Crippen molar-refractivity contribution in [3.63, 3.8) is 0 Å². The summed E-state index contributed by atoms with van der Waals surface area (Å²) in [5.74, 6) is 0.432. The first kappa shape index (κ1) is 15.1. The van der Waals surface area contributed by atoms with Crippen LogP contribution in [0.4, 0.5) is 0 Å². The normalized spacial score (nSPS) is 17.5. The molecule has 5 heteroatoms. The van der Waals surface area contributed by atoms with E-state index in [0.29, 0.717) is 17.3 Å². The SMILES string of the molecule is CC1(CNC(=O)COc2ccccc2Cl)CCNCC1. The van der Waals surface area contributed by atoms with Gasteiger partial charge in [-0.1, -0.05) is 30.7 Å². The fourth-order valence-corrected chi connectivity index (χ4v) is 2.47. The van der Waals surface area contributed by atoms with Gasteiger partial charge in [-0.05, 0) is 43.5 Å². The van der Waals surface area contributed by atoms with E-state index in [-0.39, 0.29) is 17.9 Å². The zero-order valence-electron chi connectivity index (χ0n) is 11.7. The molecular weight excluding hydrogens is 276 g/mol. The van der Waals surface area contributed by atoms with Crippen LogP contribution in [0.15, 0.2) is 24.3 Å². The zero-order chi connectivity index (χ0) is 14.4. The van der Waals surface area contributed by atoms with Gasteiger partial charge in [0.15, 0.2) is 6.61 Å². The summed E-state index contributed by atoms with van der Waals surface area (Å²) in [5.41, 5.74) is 0.186. The number of hydrogen-bond acceptors (Lipinski definition) is 3. The lowest BCUT2D eigenvalue weighted by atomic mass is 9.81. The van der Waals surface area contributed by atoms with Gasteiger partial charge in [0.2, 0.25) is 0 Å². The van der Waals surface area contributed by atoms with E-state index < -0.39 is 0 Å². The van der Waals surface area contributed by atoms with Gasteiger partial charge in [-0.3, -0.25) is 4.79 Å². The molecule has 0 spiro atoms. The molecule has 1 saturated heterocycles. The number of benzene rings is 1. The molecule has 0 aromatic heterocycles. The van der Waals surface area contributed by atoms with E-state index in [1.54, 1.807) is 12.1 Å². The minimum Gasteiger partial charge on any atom is -0.482 e. The standard InChI is InChI=1S/C15H21ClN2O2/c1-15(6-8-17-9-7-15)11-18-14(19)10-20-13-5-3-2-4-12(13)16/h2-5,17H,6-11H2,1H3,(H,18,19). The van der Waals surface area contributed by atoms with Crippen LogP contribution in [0, 0.1) is 5.41 Å². The Labute approximate surface area is 124 Å². The van der Waals surface area contributed by atoms with Crippen molar-refractivity contribution in [3.8, 4) is 5.75 Å². The smallest absolute Gasteiger partial charge is 0.257 e. The lowest BCUT2D eigenvalue weighted by molar-refractivity contribution is -0.123. The summed E-state index contributed by atoms with van der Waals surface area (Å²) in [6, 6.07) is 7.15. The minimum absolute atomic E-state index is 0.00192. The first-order valence-electron chi connectivity index (χ1n) is 6.94. The fraction of sp³-hybridized carbons (Fsp3) is 0.533. The van der Waals surface area contributed by atoms with Gasteiger partial charge in [0.1, 0.15) is 5.75 Å². The molecule has 1 amide bonds. The highest BCUT2D eigenvalue weighted by Crippen LogP contribution is 2.26. The van der Waals surface area contributed by atoms with E-state index in [2.05, 4.69) is 17.6 Å². The molecule has 110 valence electrons. The molecule has 2 rings (SSSR count). The number of piperidine rings is 1. The van der Waals surface area contributed by atoms with Gasteiger partial charge < -0.3 is 15.4 Å². The second-order valence-electron chi connectivity index (χ2n) is 5.56. The molecule has 0 aliphatic carbocycles. The summed E-state index contributed by atoms with van der Waals surface area (Å²) in [7, 11) is 0. The molecular formula is C15H21ClN2O2. The zero-order valence-corrected chi connectivity index (χ0v) is 12.5. The van der Waals surface area contributed by atoms with E-state index >= 15 is 0 Å². The van der Waals surface area contributed by atoms with Gasteiger partial charge in [0.05, 0.1) is 5.02 Å². The second kappa shape index (κ2) is 6.95. The monoisotopic (exact) mass is 296 g/mol. The lowest BCUT2D eigenvalue weighted by Crippen LogP contribution is -2.43. The second-order valence-corrected chi connectivity index (χ2v) is 5.96. The Bertz CT molecular complexity index is 459. The van der Waals surface area contributed by atoms with Crippen LogP contribution in [0.25, 0.3) is 0 Å². The van der Waals surface area contributed by atoms with Crippen LogP contribution in [0.1, 0.15) is 19.8 Å². The van der Waals surface area contributed by atoms with Crippen molar-refractivity contribution in [2.45, 2.75) is 19.8 Å². The molecule has 20 heavy (non-hydrogen) atoms. The Morgan fingerprint density at radius 1 is 1.40 bits per heavy atom. The lowest BCUT2D eigenvalue weighted by Gasteiger charge is -2.34. The molecule has 1 aliphatic heterocycles. The van der Waals surface area contributed by atoms with E-state index in [1.165, 1.54) is 0 Å². The molecule has 0 unspecified atom stereocenters. The highest BCUT2D eigenvalue weighted by molar-refractivity contribution is 6.32. The van der Waals surface area contributed by atoms with Crippen molar-refractivity contribution in [1.29, 1.82) is 0 Å². The van der Waals surface area contributed by atoms with Crippen LogP contribution in [0.2, 0.25) is 5.02 Å². The predicted molar refractivity (Wildman–Crippen MR) is 80.2 cm³/mol. The number of carbonyl (C=O) groups excluding carboxylic acids is 1. The Balaban J connectivity index is 1.74. The third kappa shape index (κ3) is 4.39. The number of ether oxygens (including phenoxy) is 1. The van der Waals surface area contributed by atoms with Crippen LogP contribution < -0.4 is 15.4 Å². The van der Waals surface area contributed by atoms with Gasteiger partial charge in [0, 0.05) is 6.54 Å². The molecule has 0 radical (unpaired) electrons. The van der Waals surface area contributed by atoms with Crippen LogP contribution in [0.5, 0.6) is 5.75 Å². The number of carbonyl (C=O) groups is 1. The van der Waals surface area contributed by atoms with Crippen molar-refractivity contribution in [1.82, 2.24) is 10.6 Å². The van der Waals surface area contributed by atoms with Crippen LogP contribution >= 0.6 is 11.6 Å². The van der Waals surface area contributed by atoms with E-state index in [0.717, 1.165) is 25.9 Å². The molecule has 1 aromatic rings. The fourth-order valence-electron chi connectivity index (χ4n) is 2.28. The first-order valence-corrected chi connectivity index (χ1v) is 7.32. The molecule has 1 aliphatic rings. The highest BCUT2D eigenvalue weighted by Gasteiger charge is 2.26. The van der Waals surface area contributed by atoms with E-state index in [1.807, 2.05) is 12.1 Å². The quantitative estimate of drug-likeness (QED) is 0.876. The summed E-state index contributed by atoms with van der Waals surface area (Å²) in [5, 5.41) is 6.80. The van der Waals surface area contributed by atoms with Gasteiger partial charge in [-0.15, -0.1) is 0 Å². The van der Waals surface area contributed by atoms with E-state index in [4.69, 9.17) is 16.3 Å². The van der Waals surface area contributed by atoms with Gasteiger partial charge in [-0.2, -0.15) is 0 Å². The maximum absolute atomic E-state index is 11.8. The average Bonchev–Trinajstić information content (AvgIpc) is 2.45. The predicted octanol–water partition coefficient (Wildman–Crippen LogP) is 2.22. The first-order chi connectivity index (χ1) is 9.59. The highest BCUT2D eigenvalue weighted by atomic mass is 35.5. The summed E-state index contributed by atoms with van der Waals surface area (Å²) >= 11 is 5.96. The van der Waals surface area contributed by atoms with Crippen molar-refractivity contribution < 1.29 is 9.53 Å². The van der Waals surface area contributed by atoms with Crippen LogP contribution in [-0.4, -0.2) is 32.1 Å². The van der Waals surface area contributed by atoms with Crippen molar-refractivity contribution in [2.75, 3.05) is 26.2 Å². The van der Waals surface area contributed by atoms with Crippen molar-refractivity contribution in [3.05, 3.63) is 29.3 Å². The average molecular weight is 297 g/mol. The molecule has 1 heterocycles. The summed E-state index contributed by atoms with van der Waals surface area (Å²) < 4.78 is 5.42. The summed E-state index contributed by atoms with van der Waals surface area (Å²) in [4.78, 5) is 11.8. The van der Waals surface area contributed by atoms with Crippen LogP contribution in [-0.2, 0) is 4.79 Å². The Hall–Kier alpha value is -1.26. The van der Waals surface area contributed by atoms with Gasteiger partial charge >= 0.3 is 0 Å². The van der Waals surface area contributed by atoms with Gasteiger partial charge in [-0.25, -0.2) is 0 Å². The Kier molecular flexibility index (Phi) is 5.26. The Morgan fingerprint density at radius 2 is 2.10 bits per heavy atom. The number of nitrogens with one attached hydrogen (secondary N) is 2. The third-order valence-electron chi connectivity index (χ3n) is 3.72. The number of para-hydroxylation sites is 1. The van der Waals surface area contributed by atoms with Crippen LogP contribution in [0.3, 0.4) is 0 Å². The number of halogens is 1. The van der Waals surface area contributed by atoms with E-state index in [9.17, 15) is 4.79 Å². The van der Waals surface area contributed by atoms with Crippen molar-refractivity contribution in [2.24, 2.45) is 5.41 Å². The maximum atomic E-state index is 11.8. The summed E-state index contributed by atoms with van der Waals surface area (Å²) in [6.45, 7) is 4.94. The summed E-state index contributed by atoms with van der Waals surface area (Å²) in [6.07, 6.45) is 2.16. The molecule has 2 N–H and O–H groups in total. The Morgan fingerprint density at radius 3 is 2.80 bits per heavy atom. The minimum atomic E-state index is -0.107. The number of hydrogen-bond donors (Lipinski definition) is 2. The van der Waals surface area contributed by atoms with Gasteiger partial charge in [0.25, 0.3) is 5.91 Å². The number of rotatable bonds is 5. The maximum Gasteiger partial charge on any atom is 0.257 e. The largest absolute Gasteiger partial charge is 0.482 e. The molecule has 4 nitrogen and oxygen atoms in total. The third-order valence-corrected chi connectivity index (χ3v) is 4.03. The topological polar surface area (TPSA) is 50.4 Å². The molecule has 1 fully saturated rings. The number of amides is 1. The molecule has 0 saturated carbocycles. The van der Waals surface area contributed by atoms with Crippen molar-refractivity contribution >= 4 is 17.5 Å². The molecule has 1 aromatic carbocycles.